The summed E-state index contributed by atoms with van der Waals surface area (Å²) in [7, 11) is 0. The van der Waals surface area contributed by atoms with Crippen molar-refractivity contribution in [3.8, 4) is 11.1 Å². The Hall–Kier alpha value is -2.66. The minimum absolute atomic E-state index is 0.0948. The number of fused-ring (bicyclic) bond motifs is 3. The van der Waals surface area contributed by atoms with Crippen LogP contribution in [-0.2, 0) is 14.3 Å². The molecule has 0 fully saturated rings. The summed E-state index contributed by atoms with van der Waals surface area (Å²) in [4.78, 5) is 24.0. The van der Waals surface area contributed by atoms with E-state index in [9.17, 15) is 14.7 Å². The fourth-order valence-corrected chi connectivity index (χ4v) is 3.76. The van der Waals surface area contributed by atoms with E-state index < -0.39 is 23.9 Å². The molecule has 3 rings (SSSR count). The number of carboxylic acids is 1. The molecule has 0 radical (unpaired) electrons. The van der Waals surface area contributed by atoms with Gasteiger partial charge in [-0.3, -0.25) is 9.59 Å². The van der Waals surface area contributed by atoms with Gasteiger partial charge in [0.25, 0.3) is 0 Å². The Morgan fingerprint density at radius 3 is 2.15 bits per heavy atom. The van der Waals surface area contributed by atoms with Crippen LogP contribution in [0.25, 0.3) is 11.1 Å². The average molecular weight is 367 g/mol. The van der Waals surface area contributed by atoms with E-state index in [0.717, 1.165) is 35.1 Å². The van der Waals surface area contributed by atoms with Gasteiger partial charge in [-0.15, -0.1) is 0 Å². The van der Waals surface area contributed by atoms with Gasteiger partial charge in [0.1, 0.15) is 6.61 Å². The minimum atomic E-state index is -1.33. The van der Waals surface area contributed by atoms with Crippen LogP contribution < -0.4 is 5.73 Å². The molecular weight excluding hydrogens is 342 g/mol. The molecule has 2 aromatic carbocycles. The van der Waals surface area contributed by atoms with Crippen LogP contribution in [0.2, 0.25) is 0 Å². The highest BCUT2D eigenvalue weighted by Crippen LogP contribution is 2.44. The Labute approximate surface area is 159 Å². The van der Waals surface area contributed by atoms with Gasteiger partial charge < -0.3 is 15.6 Å². The normalized spacial score (nSPS) is 14.9. The van der Waals surface area contributed by atoms with Crippen molar-refractivity contribution in [1.29, 1.82) is 0 Å². The summed E-state index contributed by atoms with van der Waals surface area (Å²) >= 11 is 0. The maximum absolute atomic E-state index is 12.5. The van der Waals surface area contributed by atoms with Crippen molar-refractivity contribution in [2.45, 2.75) is 38.1 Å². The zero-order valence-corrected chi connectivity index (χ0v) is 15.4. The number of carbonyl (C=O) groups excluding carboxylic acids is 1. The summed E-state index contributed by atoms with van der Waals surface area (Å²) in [5, 5.41) is 9.44. The quantitative estimate of drug-likeness (QED) is 0.550. The van der Waals surface area contributed by atoms with E-state index in [0.29, 0.717) is 6.42 Å². The second kappa shape index (κ2) is 8.35. The van der Waals surface area contributed by atoms with Gasteiger partial charge >= 0.3 is 11.9 Å². The molecule has 0 unspecified atom stereocenters. The first-order valence-electron chi connectivity index (χ1n) is 9.37. The number of ether oxygens (including phenoxy) is 1. The lowest BCUT2D eigenvalue weighted by Crippen LogP contribution is -2.42. The Kier molecular flexibility index (Phi) is 5.91. The molecule has 5 heteroatoms. The molecule has 0 aliphatic heterocycles. The number of rotatable bonds is 8. The molecule has 3 N–H and O–H groups in total. The van der Waals surface area contributed by atoms with Crippen LogP contribution in [0.15, 0.2) is 48.5 Å². The lowest BCUT2D eigenvalue weighted by Gasteiger charge is -2.20. The predicted molar refractivity (Wildman–Crippen MR) is 103 cm³/mol. The Morgan fingerprint density at radius 2 is 1.63 bits per heavy atom. The molecule has 5 nitrogen and oxygen atoms in total. The van der Waals surface area contributed by atoms with Gasteiger partial charge in [0.2, 0.25) is 0 Å². The number of nitrogens with two attached hydrogens (primary N) is 1. The molecule has 0 amide bonds. The highest BCUT2D eigenvalue weighted by atomic mass is 16.5. The molecule has 0 bridgehead atoms. The van der Waals surface area contributed by atoms with Crippen molar-refractivity contribution in [3.63, 3.8) is 0 Å². The molecular formula is C22H25NO4. The van der Waals surface area contributed by atoms with E-state index in [1.54, 1.807) is 0 Å². The van der Waals surface area contributed by atoms with Gasteiger partial charge in [-0.05, 0) is 28.7 Å². The number of benzene rings is 2. The number of hydrogen-bond acceptors (Lipinski definition) is 4. The standard InChI is InChI=1S/C22H25NO4/c1-2-3-12-19(23)20(21(24)25)22(26)27-13-18-16-10-6-4-8-14(16)15-9-5-7-11-17(15)18/h4-11,18-20H,2-3,12-13,23H2,1H3,(H,24,25)/t19-,20+/m1/s1. The summed E-state index contributed by atoms with van der Waals surface area (Å²) in [6.45, 7) is 2.10. The van der Waals surface area contributed by atoms with Gasteiger partial charge in [-0.25, -0.2) is 0 Å². The van der Waals surface area contributed by atoms with Crippen LogP contribution in [0.3, 0.4) is 0 Å². The third-order valence-electron chi connectivity index (χ3n) is 5.19. The molecule has 27 heavy (non-hydrogen) atoms. The zero-order chi connectivity index (χ0) is 19.4. The first-order valence-corrected chi connectivity index (χ1v) is 9.37. The molecule has 0 aromatic heterocycles. The molecule has 2 atom stereocenters. The van der Waals surface area contributed by atoms with E-state index in [-0.39, 0.29) is 12.5 Å². The fourth-order valence-electron chi connectivity index (χ4n) is 3.76. The second-order valence-corrected chi connectivity index (χ2v) is 6.98. The topological polar surface area (TPSA) is 89.6 Å². The Morgan fingerprint density at radius 1 is 1.07 bits per heavy atom. The molecule has 2 aromatic rings. The monoisotopic (exact) mass is 367 g/mol. The maximum Gasteiger partial charge on any atom is 0.321 e. The molecule has 0 heterocycles. The number of hydrogen-bond donors (Lipinski definition) is 2. The second-order valence-electron chi connectivity index (χ2n) is 6.98. The zero-order valence-electron chi connectivity index (χ0n) is 15.4. The van der Waals surface area contributed by atoms with Crippen LogP contribution in [0.5, 0.6) is 0 Å². The number of carbonyl (C=O) groups is 2. The molecule has 0 spiro atoms. The molecule has 0 saturated heterocycles. The highest BCUT2D eigenvalue weighted by Gasteiger charge is 2.35. The van der Waals surface area contributed by atoms with Gasteiger partial charge in [0.15, 0.2) is 5.92 Å². The van der Waals surface area contributed by atoms with Gasteiger partial charge in [-0.2, -0.15) is 0 Å². The van der Waals surface area contributed by atoms with Crippen LogP contribution >= 0.6 is 0 Å². The smallest absolute Gasteiger partial charge is 0.321 e. The number of unbranched alkanes of at least 4 members (excludes halogenated alkanes) is 1. The lowest BCUT2D eigenvalue weighted by molar-refractivity contribution is -0.160. The molecule has 1 aliphatic carbocycles. The number of carboxylic acid groups (broad SMARTS) is 1. The summed E-state index contributed by atoms with van der Waals surface area (Å²) in [5.41, 5.74) is 10.4. The molecule has 0 saturated carbocycles. The average Bonchev–Trinajstić information content (AvgIpc) is 2.98. The van der Waals surface area contributed by atoms with E-state index in [2.05, 4.69) is 12.1 Å². The van der Waals surface area contributed by atoms with Crippen LogP contribution in [-0.4, -0.2) is 29.7 Å². The Bertz CT molecular complexity index is 787. The van der Waals surface area contributed by atoms with Gasteiger partial charge in [0, 0.05) is 12.0 Å². The molecule has 1 aliphatic rings. The van der Waals surface area contributed by atoms with Crippen LogP contribution in [0.1, 0.15) is 43.2 Å². The van der Waals surface area contributed by atoms with Crippen LogP contribution in [0, 0.1) is 5.92 Å². The van der Waals surface area contributed by atoms with E-state index >= 15 is 0 Å². The minimum Gasteiger partial charge on any atom is -0.481 e. The first kappa shape index (κ1) is 19.1. The van der Waals surface area contributed by atoms with E-state index in [4.69, 9.17) is 10.5 Å². The van der Waals surface area contributed by atoms with Crippen molar-refractivity contribution in [3.05, 3.63) is 59.7 Å². The van der Waals surface area contributed by atoms with E-state index in [1.165, 1.54) is 0 Å². The maximum atomic E-state index is 12.5. The highest BCUT2D eigenvalue weighted by molar-refractivity contribution is 5.95. The Balaban J connectivity index is 1.76. The summed E-state index contributed by atoms with van der Waals surface area (Å²) in [5.74, 6) is -3.41. The van der Waals surface area contributed by atoms with Gasteiger partial charge in [0.05, 0.1) is 0 Å². The van der Waals surface area contributed by atoms with Crippen molar-refractivity contribution in [2.75, 3.05) is 6.61 Å². The van der Waals surface area contributed by atoms with Crippen molar-refractivity contribution >= 4 is 11.9 Å². The van der Waals surface area contributed by atoms with Crippen molar-refractivity contribution in [2.24, 2.45) is 11.7 Å². The summed E-state index contributed by atoms with van der Waals surface area (Å²) < 4.78 is 5.46. The van der Waals surface area contributed by atoms with Crippen LogP contribution in [0.4, 0.5) is 0 Å². The lowest BCUT2D eigenvalue weighted by atomic mass is 9.95. The summed E-state index contributed by atoms with van der Waals surface area (Å²) in [6, 6.07) is 15.3. The summed E-state index contributed by atoms with van der Waals surface area (Å²) in [6.07, 6.45) is 2.16. The third kappa shape index (κ3) is 3.88. The third-order valence-corrected chi connectivity index (χ3v) is 5.19. The predicted octanol–water partition coefficient (Wildman–Crippen LogP) is 3.56. The number of esters is 1. The van der Waals surface area contributed by atoms with Crippen molar-refractivity contribution in [1.82, 2.24) is 0 Å². The number of aliphatic carboxylic acids is 1. The largest absolute Gasteiger partial charge is 0.481 e. The van der Waals surface area contributed by atoms with Crippen molar-refractivity contribution < 1.29 is 19.4 Å². The SMILES string of the molecule is CCCC[C@@H](N)[C@@H](C(=O)O)C(=O)OCC1c2ccccc2-c2ccccc21. The fraction of sp³-hybridized carbons (Fsp3) is 0.364. The van der Waals surface area contributed by atoms with Gasteiger partial charge in [-0.1, -0.05) is 68.3 Å². The first-order chi connectivity index (χ1) is 13.0. The van der Waals surface area contributed by atoms with E-state index in [1.807, 2.05) is 43.3 Å². The molecule has 142 valence electrons.